The summed E-state index contributed by atoms with van der Waals surface area (Å²) >= 11 is 0. The van der Waals surface area contributed by atoms with E-state index < -0.39 is 21.2 Å². The third-order valence-electron chi connectivity index (χ3n) is 3.44. The molecule has 0 aromatic heterocycles. The quantitative estimate of drug-likeness (QED) is 0.713. The van der Waals surface area contributed by atoms with Crippen LogP contribution in [0.15, 0.2) is 0 Å². The highest BCUT2D eigenvalue weighted by molar-refractivity contribution is 7.90. The Hall–Kier alpha value is -0.660. The topological polar surface area (TPSA) is 86.7 Å². The number of carbonyl (C=O) groups is 1. The van der Waals surface area contributed by atoms with Crippen LogP contribution in [0, 0.1) is 5.92 Å². The van der Waals surface area contributed by atoms with E-state index >= 15 is 0 Å². The van der Waals surface area contributed by atoms with E-state index in [1.54, 1.807) is 13.8 Å². The number of carboxylic acids is 1. The number of piperidine rings is 1. The van der Waals surface area contributed by atoms with Gasteiger partial charge in [0.05, 0.1) is 11.7 Å². The molecule has 7 heteroatoms. The maximum Gasteiger partial charge on any atom is 0.304 e. The number of carboxylic acid groups (broad SMARTS) is 1. The summed E-state index contributed by atoms with van der Waals surface area (Å²) in [6, 6.07) is 0. The number of sulfonamides is 1. The molecular formula is C12H24N2O4S. The van der Waals surface area contributed by atoms with Gasteiger partial charge in [-0.3, -0.25) is 4.79 Å². The predicted molar refractivity (Wildman–Crippen MR) is 73.5 cm³/mol. The first kappa shape index (κ1) is 16.4. The first-order valence-electron chi connectivity index (χ1n) is 6.74. The van der Waals surface area contributed by atoms with Gasteiger partial charge in [-0.05, 0) is 39.2 Å². The van der Waals surface area contributed by atoms with E-state index in [9.17, 15) is 13.2 Å². The summed E-state index contributed by atoms with van der Waals surface area (Å²) in [6.07, 6.45) is 2.13. The number of hydrogen-bond acceptors (Lipinski definition) is 4. The van der Waals surface area contributed by atoms with Gasteiger partial charge >= 0.3 is 5.97 Å². The van der Waals surface area contributed by atoms with Crippen molar-refractivity contribution in [1.82, 2.24) is 9.62 Å². The van der Waals surface area contributed by atoms with Gasteiger partial charge in [0.15, 0.2) is 0 Å². The molecule has 1 saturated heterocycles. The Morgan fingerprint density at radius 3 is 2.74 bits per heavy atom. The lowest BCUT2D eigenvalue weighted by Crippen LogP contribution is -2.42. The minimum Gasteiger partial charge on any atom is -0.481 e. The third kappa shape index (κ3) is 5.88. The number of aliphatic carboxylic acids is 1. The summed E-state index contributed by atoms with van der Waals surface area (Å²) in [5.74, 6) is -0.515. The van der Waals surface area contributed by atoms with Crippen LogP contribution in [-0.2, 0) is 14.8 Å². The van der Waals surface area contributed by atoms with Crippen LogP contribution in [0.1, 0.15) is 33.1 Å². The Kier molecular flexibility index (Phi) is 6.22. The summed E-state index contributed by atoms with van der Waals surface area (Å²) < 4.78 is 26.0. The Labute approximate surface area is 115 Å². The molecule has 0 bridgehead atoms. The van der Waals surface area contributed by atoms with Gasteiger partial charge in [0.25, 0.3) is 0 Å². The molecule has 19 heavy (non-hydrogen) atoms. The lowest BCUT2D eigenvalue weighted by molar-refractivity contribution is -0.137. The molecule has 1 aliphatic heterocycles. The molecule has 1 aliphatic rings. The fourth-order valence-corrected chi connectivity index (χ4v) is 2.98. The Morgan fingerprint density at radius 1 is 1.47 bits per heavy atom. The minimum atomic E-state index is -3.20. The highest BCUT2D eigenvalue weighted by atomic mass is 32.2. The fourth-order valence-electron chi connectivity index (χ4n) is 2.18. The standard InChI is InChI=1S/C12H24N2O4S/c1-10(2)19(17,18)13-8-11-4-3-6-14(9-11)7-5-12(15)16/h10-11,13H,3-9H2,1-2H3,(H,15,16)/t11-/m1/s1. The summed E-state index contributed by atoms with van der Waals surface area (Å²) in [4.78, 5) is 12.6. The molecule has 0 radical (unpaired) electrons. The van der Waals surface area contributed by atoms with Gasteiger partial charge in [0.1, 0.15) is 0 Å². The zero-order valence-electron chi connectivity index (χ0n) is 11.6. The molecule has 1 rings (SSSR count). The summed E-state index contributed by atoms with van der Waals surface area (Å²) in [7, 11) is -3.20. The number of nitrogens with zero attached hydrogens (tertiary/aromatic N) is 1. The Balaban J connectivity index is 2.37. The zero-order chi connectivity index (χ0) is 14.5. The second kappa shape index (κ2) is 7.21. The fraction of sp³-hybridized carbons (Fsp3) is 0.917. The number of nitrogens with one attached hydrogen (secondary N) is 1. The Bertz CT molecular complexity index is 395. The first-order chi connectivity index (χ1) is 8.81. The van der Waals surface area contributed by atoms with Gasteiger partial charge in [-0.2, -0.15) is 0 Å². The molecule has 6 nitrogen and oxygen atoms in total. The van der Waals surface area contributed by atoms with Gasteiger partial charge in [-0.25, -0.2) is 13.1 Å². The molecule has 0 aromatic rings. The summed E-state index contributed by atoms with van der Waals surface area (Å²) in [5, 5.41) is 8.25. The van der Waals surface area contributed by atoms with Gasteiger partial charge in [0.2, 0.25) is 10.0 Å². The summed E-state index contributed by atoms with van der Waals surface area (Å²) in [5.41, 5.74) is 0. The normalized spacial score (nSPS) is 21.7. The lowest BCUT2D eigenvalue weighted by Gasteiger charge is -2.32. The molecule has 0 aromatic carbocycles. The molecule has 1 atom stereocenters. The van der Waals surface area contributed by atoms with E-state index in [0.717, 1.165) is 25.9 Å². The number of likely N-dealkylation sites (tertiary alicyclic amines) is 1. The highest BCUT2D eigenvalue weighted by Crippen LogP contribution is 2.16. The smallest absolute Gasteiger partial charge is 0.304 e. The maximum absolute atomic E-state index is 11.7. The van der Waals surface area contributed by atoms with Crippen LogP contribution in [0.2, 0.25) is 0 Å². The van der Waals surface area contributed by atoms with E-state index in [1.807, 2.05) is 0 Å². The van der Waals surface area contributed by atoms with E-state index in [0.29, 0.717) is 13.1 Å². The van der Waals surface area contributed by atoms with Crippen molar-refractivity contribution in [2.45, 2.75) is 38.4 Å². The molecule has 1 heterocycles. The van der Waals surface area contributed by atoms with Gasteiger partial charge < -0.3 is 10.0 Å². The van der Waals surface area contributed by atoms with E-state index in [1.165, 1.54) is 0 Å². The number of rotatable bonds is 7. The SMILES string of the molecule is CC(C)S(=O)(=O)NC[C@H]1CCCN(CCC(=O)O)C1. The average molecular weight is 292 g/mol. The molecule has 0 unspecified atom stereocenters. The first-order valence-corrected chi connectivity index (χ1v) is 8.28. The van der Waals surface area contributed by atoms with Crippen molar-refractivity contribution in [3.05, 3.63) is 0 Å². The van der Waals surface area contributed by atoms with Gasteiger partial charge in [-0.1, -0.05) is 0 Å². The predicted octanol–water partition coefficient (Wildman–Crippen LogP) is 0.501. The third-order valence-corrected chi connectivity index (χ3v) is 5.25. The van der Waals surface area contributed by atoms with Crippen LogP contribution in [0.25, 0.3) is 0 Å². The van der Waals surface area contributed by atoms with Crippen molar-refractivity contribution >= 4 is 16.0 Å². The molecule has 2 N–H and O–H groups in total. The van der Waals surface area contributed by atoms with Crippen LogP contribution in [0.4, 0.5) is 0 Å². The van der Waals surface area contributed by atoms with Crippen LogP contribution < -0.4 is 4.72 Å². The summed E-state index contributed by atoms with van der Waals surface area (Å²) in [6.45, 7) is 5.98. The average Bonchev–Trinajstić information content (AvgIpc) is 2.34. The molecule has 0 saturated carbocycles. The van der Waals surface area contributed by atoms with Crippen molar-refractivity contribution < 1.29 is 18.3 Å². The molecular weight excluding hydrogens is 268 g/mol. The van der Waals surface area contributed by atoms with Crippen molar-refractivity contribution in [1.29, 1.82) is 0 Å². The van der Waals surface area contributed by atoms with Crippen LogP contribution in [-0.4, -0.2) is 55.8 Å². The molecule has 1 fully saturated rings. The highest BCUT2D eigenvalue weighted by Gasteiger charge is 2.23. The molecule has 0 amide bonds. The van der Waals surface area contributed by atoms with E-state index in [2.05, 4.69) is 9.62 Å². The van der Waals surface area contributed by atoms with Crippen LogP contribution in [0.5, 0.6) is 0 Å². The van der Waals surface area contributed by atoms with E-state index in [4.69, 9.17) is 5.11 Å². The Morgan fingerprint density at radius 2 is 2.16 bits per heavy atom. The van der Waals surface area contributed by atoms with E-state index in [-0.39, 0.29) is 12.3 Å². The lowest BCUT2D eigenvalue weighted by atomic mass is 9.98. The maximum atomic E-state index is 11.7. The van der Waals surface area contributed by atoms with Crippen molar-refractivity contribution in [3.8, 4) is 0 Å². The minimum absolute atomic E-state index is 0.143. The van der Waals surface area contributed by atoms with Gasteiger partial charge in [0, 0.05) is 19.6 Å². The van der Waals surface area contributed by atoms with Gasteiger partial charge in [-0.15, -0.1) is 0 Å². The zero-order valence-corrected chi connectivity index (χ0v) is 12.4. The van der Waals surface area contributed by atoms with Crippen molar-refractivity contribution in [2.24, 2.45) is 5.92 Å². The van der Waals surface area contributed by atoms with Crippen molar-refractivity contribution in [2.75, 3.05) is 26.2 Å². The monoisotopic (exact) mass is 292 g/mol. The number of hydrogen-bond donors (Lipinski definition) is 2. The van der Waals surface area contributed by atoms with Crippen LogP contribution in [0.3, 0.4) is 0 Å². The largest absolute Gasteiger partial charge is 0.481 e. The second-order valence-electron chi connectivity index (χ2n) is 5.39. The molecule has 0 aliphatic carbocycles. The second-order valence-corrected chi connectivity index (χ2v) is 7.72. The molecule has 0 spiro atoms. The van der Waals surface area contributed by atoms with Crippen molar-refractivity contribution in [3.63, 3.8) is 0 Å². The van der Waals surface area contributed by atoms with Crippen LogP contribution >= 0.6 is 0 Å². The molecule has 112 valence electrons.